The number of nitrogens with one attached hydrogen (secondary N) is 3. The summed E-state index contributed by atoms with van der Waals surface area (Å²) in [5, 5.41) is 7.45. The Morgan fingerprint density at radius 2 is 1.89 bits per heavy atom. The third-order valence-electron chi connectivity index (χ3n) is 4.94. The van der Waals surface area contributed by atoms with Crippen LogP contribution in [0.25, 0.3) is 0 Å². The summed E-state index contributed by atoms with van der Waals surface area (Å²) in [6, 6.07) is -1.70. The first kappa shape index (κ1) is 21.5. The third-order valence-corrected chi connectivity index (χ3v) is 5.25. The van der Waals surface area contributed by atoms with Gasteiger partial charge in [0.2, 0.25) is 16.9 Å². The van der Waals surface area contributed by atoms with Crippen molar-refractivity contribution in [2.75, 3.05) is 6.54 Å². The van der Waals surface area contributed by atoms with Gasteiger partial charge in [0, 0.05) is 12.5 Å². The van der Waals surface area contributed by atoms with Crippen molar-refractivity contribution >= 4 is 35.7 Å². The van der Waals surface area contributed by atoms with Gasteiger partial charge in [-0.2, -0.15) is 0 Å². The molecule has 0 unspecified atom stereocenters. The van der Waals surface area contributed by atoms with Crippen molar-refractivity contribution in [1.29, 1.82) is 0 Å². The molecule has 2 aliphatic rings. The monoisotopic (exact) mass is 399 g/mol. The number of amides is 3. The molecule has 3 amide bonds. The number of carbonyl (C=O) groups excluding carboxylic acids is 4. The number of alkyl carbamates (subject to hydrolysis) is 1. The third kappa shape index (κ3) is 6.71. The Hall–Kier alpha value is -1.77. The van der Waals surface area contributed by atoms with E-state index in [-0.39, 0.29) is 30.3 Å². The van der Waals surface area contributed by atoms with Crippen LogP contribution in [-0.2, 0) is 19.1 Å². The number of ether oxygens (including phenoxy) is 1. The molecule has 1 heterocycles. The Labute approximate surface area is 164 Å². The van der Waals surface area contributed by atoms with Crippen LogP contribution in [0.15, 0.2) is 0 Å². The molecule has 1 saturated heterocycles. The molecule has 27 heavy (non-hydrogen) atoms. The van der Waals surface area contributed by atoms with Crippen LogP contribution in [0.2, 0.25) is 0 Å². The molecule has 0 spiro atoms. The van der Waals surface area contributed by atoms with Gasteiger partial charge in [0.15, 0.2) is 0 Å². The first-order chi connectivity index (χ1) is 12.8. The van der Waals surface area contributed by atoms with Gasteiger partial charge in [-0.1, -0.05) is 13.8 Å². The number of hydrogen-bond acceptors (Lipinski definition) is 5. The van der Waals surface area contributed by atoms with Crippen molar-refractivity contribution in [3.63, 3.8) is 0 Å². The lowest BCUT2D eigenvalue weighted by Crippen LogP contribution is -2.52. The molecular formula is C18H29N3O5S. The molecule has 1 aliphatic heterocycles. The van der Waals surface area contributed by atoms with Crippen molar-refractivity contribution in [2.24, 2.45) is 11.8 Å². The predicted octanol–water partition coefficient (Wildman–Crippen LogP) is 1.15. The summed E-state index contributed by atoms with van der Waals surface area (Å²) in [4.78, 5) is 48.3. The Balaban J connectivity index is 1.95. The standard InChI is InChI=1S/C18H29N3O5S/c1-10(2)8-13(21-18(25)26-12-4-3-5-12)16(23)20-14(17(24)27)9-11-6-7-19-15(11)22/h10-14H,3-9H2,1-2H3,(H,19,22)(H,20,23)(H,21,25)(H,24,27)/t11-,13-,14-/m0/s1. The molecule has 8 nitrogen and oxygen atoms in total. The molecule has 0 bridgehead atoms. The zero-order valence-corrected chi connectivity index (χ0v) is 16.7. The Kier molecular flexibility index (Phi) is 7.94. The highest BCUT2D eigenvalue weighted by molar-refractivity contribution is 7.96. The van der Waals surface area contributed by atoms with Crippen LogP contribution in [0.3, 0.4) is 0 Å². The average molecular weight is 400 g/mol. The molecule has 1 aliphatic carbocycles. The summed E-state index contributed by atoms with van der Waals surface area (Å²) in [7, 11) is 0. The van der Waals surface area contributed by atoms with E-state index in [2.05, 4.69) is 28.6 Å². The number of carbonyl (C=O) groups is 4. The summed E-state index contributed by atoms with van der Waals surface area (Å²) in [6.07, 6.45) is 3.23. The van der Waals surface area contributed by atoms with Gasteiger partial charge in [-0.3, -0.25) is 14.4 Å². The number of rotatable bonds is 9. The topological polar surface area (TPSA) is 114 Å². The van der Waals surface area contributed by atoms with Gasteiger partial charge in [-0.05, 0) is 44.4 Å². The van der Waals surface area contributed by atoms with Gasteiger partial charge in [0.1, 0.15) is 12.1 Å². The van der Waals surface area contributed by atoms with Gasteiger partial charge < -0.3 is 20.7 Å². The maximum Gasteiger partial charge on any atom is 0.408 e. The van der Waals surface area contributed by atoms with E-state index < -0.39 is 29.2 Å². The molecule has 0 radical (unpaired) electrons. The lowest BCUT2D eigenvalue weighted by Gasteiger charge is -2.27. The minimum absolute atomic E-state index is 0.0830. The van der Waals surface area contributed by atoms with Crippen molar-refractivity contribution in [3.8, 4) is 0 Å². The van der Waals surface area contributed by atoms with E-state index in [4.69, 9.17) is 4.74 Å². The summed E-state index contributed by atoms with van der Waals surface area (Å²) < 4.78 is 5.26. The molecule has 152 valence electrons. The van der Waals surface area contributed by atoms with E-state index >= 15 is 0 Å². The van der Waals surface area contributed by atoms with Crippen molar-refractivity contribution in [3.05, 3.63) is 0 Å². The quantitative estimate of drug-likeness (QED) is 0.434. The second kappa shape index (κ2) is 9.96. The Morgan fingerprint density at radius 3 is 2.37 bits per heavy atom. The summed E-state index contributed by atoms with van der Waals surface area (Å²) >= 11 is 3.85. The fraction of sp³-hybridized carbons (Fsp3) is 0.778. The SMILES string of the molecule is CC(C)C[C@H](NC(=O)OC1CCC1)C(=O)N[C@@H](C[C@@H]1CCNC1=O)C(=O)S. The van der Waals surface area contributed by atoms with Gasteiger partial charge in [0.05, 0.1) is 6.04 Å². The van der Waals surface area contributed by atoms with Crippen LogP contribution in [0.4, 0.5) is 4.79 Å². The van der Waals surface area contributed by atoms with Crippen LogP contribution in [0, 0.1) is 11.8 Å². The Bertz CT molecular complexity index is 579. The van der Waals surface area contributed by atoms with Gasteiger partial charge in [0.25, 0.3) is 0 Å². The highest BCUT2D eigenvalue weighted by atomic mass is 32.1. The lowest BCUT2D eigenvalue weighted by atomic mass is 9.96. The molecular weight excluding hydrogens is 370 g/mol. The summed E-state index contributed by atoms with van der Waals surface area (Å²) in [5.41, 5.74) is 0. The van der Waals surface area contributed by atoms with Gasteiger partial charge in [-0.15, -0.1) is 12.6 Å². The van der Waals surface area contributed by atoms with Gasteiger partial charge >= 0.3 is 6.09 Å². The molecule has 1 saturated carbocycles. The number of hydrogen-bond donors (Lipinski definition) is 4. The van der Waals surface area contributed by atoms with Crippen LogP contribution in [0.1, 0.15) is 52.4 Å². The molecule has 0 aromatic carbocycles. The van der Waals surface area contributed by atoms with Crippen LogP contribution in [-0.4, -0.2) is 47.8 Å². The lowest BCUT2D eigenvalue weighted by molar-refractivity contribution is -0.128. The zero-order valence-electron chi connectivity index (χ0n) is 15.8. The second-order valence-corrected chi connectivity index (χ2v) is 8.14. The van der Waals surface area contributed by atoms with Crippen molar-refractivity contribution < 1.29 is 23.9 Å². The van der Waals surface area contributed by atoms with Crippen LogP contribution in [0.5, 0.6) is 0 Å². The molecule has 2 fully saturated rings. The normalized spacial score (nSPS) is 21.8. The highest BCUT2D eigenvalue weighted by Crippen LogP contribution is 2.22. The summed E-state index contributed by atoms with van der Waals surface area (Å²) in [5.74, 6) is -0.771. The van der Waals surface area contributed by atoms with Crippen LogP contribution < -0.4 is 16.0 Å². The van der Waals surface area contributed by atoms with Crippen molar-refractivity contribution in [2.45, 2.75) is 70.6 Å². The fourth-order valence-corrected chi connectivity index (χ4v) is 3.34. The minimum atomic E-state index is -0.881. The molecule has 2 rings (SSSR count). The fourth-order valence-electron chi connectivity index (χ4n) is 3.17. The van der Waals surface area contributed by atoms with E-state index in [1.54, 1.807) is 0 Å². The van der Waals surface area contributed by atoms with E-state index in [1.165, 1.54) is 0 Å². The highest BCUT2D eigenvalue weighted by Gasteiger charge is 2.32. The summed E-state index contributed by atoms with van der Waals surface area (Å²) in [6.45, 7) is 4.43. The molecule has 0 aromatic rings. The predicted molar refractivity (Wildman–Crippen MR) is 102 cm³/mol. The number of thiol groups is 1. The second-order valence-electron chi connectivity index (χ2n) is 7.70. The van der Waals surface area contributed by atoms with E-state index in [0.717, 1.165) is 19.3 Å². The molecule has 3 N–H and O–H groups in total. The van der Waals surface area contributed by atoms with E-state index in [1.807, 2.05) is 13.8 Å². The zero-order chi connectivity index (χ0) is 20.0. The maximum absolute atomic E-state index is 12.7. The van der Waals surface area contributed by atoms with Crippen LogP contribution >= 0.6 is 12.6 Å². The van der Waals surface area contributed by atoms with Crippen molar-refractivity contribution in [1.82, 2.24) is 16.0 Å². The van der Waals surface area contributed by atoms with E-state index in [9.17, 15) is 19.2 Å². The largest absolute Gasteiger partial charge is 0.446 e. The first-order valence-electron chi connectivity index (χ1n) is 9.54. The molecule has 3 atom stereocenters. The average Bonchev–Trinajstić information content (AvgIpc) is 2.94. The smallest absolute Gasteiger partial charge is 0.408 e. The molecule has 0 aromatic heterocycles. The Morgan fingerprint density at radius 1 is 1.19 bits per heavy atom. The molecule has 9 heteroatoms. The first-order valence-corrected chi connectivity index (χ1v) is 9.99. The minimum Gasteiger partial charge on any atom is -0.446 e. The van der Waals surface area contributed by atoms with E-state index in [0.29, 0.717) is 19.4 Å². The van der Waals surface area contributed by atoms with Gasteiger partial charge in [-0.25, -0.2) is 4.79 Å². The maximum atomic E-state index is 12.7.